The van der Waals surface area contributed by atoms with Crippen LogP contribution in [0.1, 0.15) is 40.3 Å². The molecule has 144 valence electrons. The number of nitrogens with one attached hydrogen (secondary N) is 2. The van der Waals surface area contributed by atoms with Crippen LogP contribution in [-0.4, -0.2) is 50.8 Å². The van der Waals surface area contributed by atoms with Gasteiger partial charge < -0.3 is 10.3 Å². The van der Waals surface area contributed by atoms with E-state index in [0.717, 1.165) is 37.0 Å². The molecule has 2 N–H and O–H groups in total. The van der Waals surface area contributed by atoms with Crippen LogP contribution in [0.15, 0.2) is 35.4 Å². The van der Waals surface area contributed by atoms with Crippen molar-refractivity contribution in [1.82, 2.24) is 30.2 Å². The molecule has 0 aromatic carbocycles. The number of rotatable bonds is 5. The smallest absolute Gasteiger partial charge is 0.270 e. The molecule has 1 fully saturated rings. The first-order valence-electron chi connectivity index (χ1n) is 9.41. The molecule has 0 spiro atoms. The highest BCUT2D eigenvalue weighted by Crippen LogP contribution is 2.24. The zero-order valence-electron chi connectivity index (χ0n) is 15.7. The van der Waals surface area contributed by atoms with Crippen LogP contribution in [0.3, 0.4) is 0 Å². The highest BCUT2D eigenvalue weighted by molar-refractivity contribution is 5.71. The Kier molecular flexibility index (Phi) is 5.23. The molecule has 0 saturated carbocycles. The van der Waals surface area contributed by atoms with Gasteiger partial charge in [0.15, 0.2) is 11.9 Å². The third-order valence-corrected chi connectivity index (χ3v) is 5.06. The molecule has 1 unspecified atom stereocenters. The number of aromatic nitrogens is 4. The summed E-state index contributed by atoms with van der Waals surface area (Å²) in [6.45, 7) is 5.18. The maximum Gasteiger partial charge on any atom is 0.270 e. The van der Waals surface area contributed by atoms with Crippen molar-refractivity contribution in [3.8, 4) is 0 Å². The Bertz CT molecular complexity index is 1050. The highest BCUT2D eigenvalue weighted by atomic mass is 16.1. The number of fused-ring (bicyclic) bond motifs is 1. The van der Waals surface area contributed by atoms with Gasteiger partial charge in [0.1, 0.15) is 11.4 Å². The third-order valence-electron chi connectivity index (χ3n) is 5.06. The van der Waals surface area contributed by atoms with Crippen molar-refractivity contribution in [2.45, 2.75) is 25.9 Å². The predicted octanol–water partition coefficient (Wildman–Crippen LogP) is 1.23. The van der Waals surface area contributed by atoms with Crippen molar-refractivity contribution in [2.75, 3.05) is 19.6 Å². The molecule has 1 atom stereocenters. The van der Waals surface area contributed by atoms with E-state index in [4.69, 9.17) is 0 Å². The minimum absolute atomic E-state index is 0.150. The number of aldehydes is 1. The van der Waals surface area contributed by atoms with Crippen molar-refractivity contribution in [3.63, 3.8) is 0 Å². The third kappa shape index (κ3) is 3.69. The van der Waals surface area contributed by atoms with Crippen LogP contribution in [0.5, 0.6) is 0 Å². The Hall–Kier alpha value is -2.97. The number of carbonyl (C=O) groups is 1. The summed E-state index contributed by atoms with van der Waals surface area (Å²) in [4.78, 5) is 41.1. The molecule has 0 radical (unpaired) electrons. The van der Waals surface area contributed by atoms with E-state index in [1.54, 1.807) is 12.3 Å². The first-order chi connectivity index (χ1) is 13.7. The summed E-state index contributed by atoms with van der Waals surface area (Å²) >= 11 is 0. The minimum Gasteiger partial charge on any atom is -0.318 e. The summed E-state index contributed by atoms with van der Waals surface area (Å²) in [5.41, 5.74) is 4.07. The standard InChI is InChI=1S/C20H22N6O2/c1-2-16-20(28)25-17-7-13(8-23-19(17)24-16)11-26-6-5-21-10-18(26)14-3-4-15(12-27)22-9-14/h3-4,7-9,12,18,21H,2,5-6,10-11H2,1H3,(H,25,28). The molecule has 8 heteroatoms. The highest BCUT2D eigenvalue weighted by Gasteiger charge is 2.24. The number of hydrogen-bond acceptors (Lipinski definition) is 7. The average Bonchev–Trinajstić information content (AvgIpc) is 2.74. The zero-order valence-corrected chi connectivity index (χ0v) is 15.7. The maximum absolute atomic E-state index is 12.1. The number of hydrogen-bond donors (Lipinski definition) is 2. The topological polar surface area (TPSA) is 104 Å². The van der Waals surface area contributed by atoms with E-state index >= 15 is 0 Å². The molecule has 1 saturated heterocycles. The molecule has 8 nitrogen and oxygen atoms in total. The summed E-state index contributed by atoms with van der Waals surface area (Å²) in [5, 5.41) is 3.42. The van der Waals surface area contributed by atoms with Gasteiger partial charge in [0, 0.05) is 44.6 Å². The summed E-state index contributed by atoms with van der Waals surface area (Å²) < 4.78 is 0. The van der Waals surface area contributed by atoms with Crippen LogP contribution in [-0.2, 0) is 13.0 Å². The van der Waals surface area contributed by atoms with Crippen LogP contribution in [0, 0.1) is 0 Å². The quantitative estimate of drug-likeness (QED) is 0.644. The molecule has 4 rings (SSSR count). The van der Waals surface area contributed by atoms with Gasteiger partial charge in [-0.3, -0.25) is 19.5 Å². The van der Waals surface area contributed by atoms with Crippen LogP contribution in [0.25, 0.3) is 11.2 Å². The molecule has 0 aliphatic carbocycles. The summed E-state index contributed by atoms with van der Waals surface area (Å²) in [5.74, 6) is 0. The lowest BCUT2D eigenvalue weighted by Crippen LogP contribution is -2.45. The van der Waals surface area contributed by atoms with Crippen molar-refractivity contribution in [1.29, 1.82) is 0 Å². The Morgan fingerprint density at radius 1 is 1.29 bits per heavy atom. The van der Waals surface area contributed by atoms with Gasteiger partial charge in [-0.2, -0.15) is 0 Å². The number of aryl methyl sites for hydroxylation is 1. The fourth-order valence-electron chi connectivity index (χ4n) is 3.56. The first-order valence-corrected chi connectivity index (χ1v) is 9.41. The Balaban J connectivity index is 1.60. The molecular formula is C20H22N6O2. The van der Waals surface area contributed by atoms with Gasteiger partial charge in [0.05, 0.1) is 5.52 Å². The lowest BCUT2D eigenvalue weighted by atomic mass is 10.0. The average molecular weight is 378 g/mol. The Labute approximate surface area is 162 Å². The normalized spacial score (nSPS) is 17.7. The van der Waals surface area contributed by atoms with Gasteiger partial charge in [-0.25, -0.2) is 9.97 Å². The fourth-order valence-corrected chi connectivity index (χ4v) is 3.56. The van der Waals surface area contributed by atoms with Crippen LogP contribution >= 0.6 is 0 Å². The lowest BCUT2D eigenvalue weighted by molar-refractivity contribution is 0.111. The molecule has 1 aliphatic rings. The van der Waals surface area contributed by atoms with E-state index in [2.05, 4.69) is 30.2 Å². The first kappa shape index (κ1) is 18.4. The van der Waals surface area contributed by atoms with Crippen molar-refractivity contribution >= 4 is 17.5 Å². The van der Waals surface area contributed by atoms with Gasteiger partial charge in [0.2, 0.25) is 0 Å². The Morgan fingerprint density at radius 3 is 2.93 bits per heavy atom. The molecule has 0 bridgehead atoms. The minimum atomic E-state index is -0.157. The monoisotopic (exact) mass is 378 g/mol. The SMILES string of the molecule is CCc1nc2ncc(CN3CCNCC3c3ccc(C=O)nc3)cc2[nH]c1=O. The maximum atomic E-state index is 12.1. The van der Waals surface area contributed by atoms with Gasteiger partial charge in [-0.05, 0) is 29.7 Å². The number of piperazine rings is 1. The van der Waals surface area contributed by atoms with Crippen LogP contribution in [0.4, 0.5) is 0 Å². The molecule has 3 aromatic heterocycles. The number of nitrogens with zero attached hydrogens (tertiary/aromatic N) is 4. The number of carbonyl (C=O) groups excluding carboxylic acids is 1. The number of aromatic amines is 1. The van der Waals surface area contributed by atoms with Gasteiger partial charge in [0.25, 0.3) is 5.56 Å². The second-order valence-electron chi connectivity index (χ2n) is 6.91. The molecule has 0 amide bonds. The lowest BCUT2D eigenvalue weighted by Gasteiger charge is -2.36. The van der Waals surface area contributed by atoms with E-state index in [9.17, 15) is 9.59 Å². The largest absolute Gasteiger partial charge is 0.318 e. The van der Waals surface area contributed by atoms with Gasteiger partial charge in [-0.1, -0.05) is 13.0 Å². The van der Waals surface area contributed by atoms with E-state index in [1.807, 2.05) is 25.3 Å². The van der Waals surface area contributed by atoms with Crippen LogP contribution < -0.4 is 10.9 Å². The molecule has 1 aliphatic heterocycles. The van der Waals surface area contributed by atoms with E-state index in [0.29, 0.717) is 35.5 Å². The van der Waals surface area contributed by atoms with Gasteiger partial charge in [-0.15, -0.1) is 0 Å². The zero-order chi connectivity index (χ0) is 19.5. The Morgan fingerprint density at radius 2 is 2.18 bits per heavy atom. The van der Waals surface area contributed by atoms with Crippen molar-refractivity contribution < 1.29 is 4.79 Å². The van der Waals surface area contributed by atoms with Crippen LogP contribution in [0.2, 0.25) is 0 Å². The number of pyridine rings is 2. The van der Waals surface area contributed by atoms with E-state index < -0.39 is 0 Å². The second kappa shape index (κ2) is 7.95. The number of H-pyrrole nitrogens is 1. The molecule has 3 aromatic rings. The summed E-state index contributed by atoms with van der Waals surface area (Å²) in [6.07, 6.45) is 4.91. The molecular weight excluding hydrogens is 356 g/mol. The summed E-state index contributed by atoms with van der Waals surface area (Å²) in [7, 11) is 0. The van der Waals surface area contributed by atoms with Crippen molar-refractivity contribution in [2.24, 2.45) is 0 Å². The molecule has 4 heterocycles. The summed E-state index contributed by atoms with van der Waals surface area (Å²) in [6, 6.07) is 5.79. The van der Waals surface area contributed by atoms with Gasteiger partial charge >= 0.3 is 0 Å². The van der Waals surface area contributed by atoms with E-state index in [1.165, 1.54) is 0 Å². The fraction of sp³-hybridized carbons (Fsp3) is 0.350. The van der Waals surface area contributed by atoms with E-state index in [-0.39, 0.29) is 11.6 Å². The second-order valence-corrected chi connectivity index (χ2v) is 6.91. The molecule has 28 heavy (non-hydrogen) atoms. The van der Waals surface area contributed by atoms with Crippen molar-refractivity contribution in [3.05, 3.63) is 63.5 Å². The predicted molar refractivity (Wildman–Crippen MR) is 105 cm³/mol.